The van der Waals surface area contributed by atoms with Crippen LogP contribution in [0, 0.1) is 0 Å². The molecule has 0 aliphatic carbocycles. The van der Waals surface area contributed by atoms with Crippen LogP contribution < -0.4 is 10.6 Å². The maximum atomic E-state index is 12.7. The smallest absolute Gasteiger partial charge is 0.354 e. The van der Waals surface area contributed by atoms with Gasteiger partial charge in [0, 0.05) is 39.3 Å². The van der Waals surface area contributed by atoms with Gasteiger partial charge in [-0.1, -0.05) is 42.5 Å². The van der Waals surface area contributed by atoms with Crippen LogP contribution in [-0.4, -0.2) is 37.0 Å². The van der Waals surface area contributed by atoms with Crippen molar-refractivity contribution in [2.24, 2.45) is 4.99 Å². The van der Waals surface area contributed by atoms with Gasteiger partial charge in [-0.25, -0.2) is 0 Å². The first kappa shape index (κ1) is 21.2. The van der Waals surface area contributed by atoms with Crippen LogP contribution in [0.25, 0.3) is 0 Å². The molecule has 1 fully saturated rings. The van der Waals surface area contributed by atoms with Gasteiger partial charge < -0.3 is 10.6 Å². The summed E-state index contributed by atoms with van der Waals surface area (Å²) in [7, 11) is 1.70. The summed E-state index contributed by atoms with van der Waals surface area (Å²) in [6.07, 6.45) is -2.26. The zero-order chi connectivity index (χ0) is 20.7. The summed E-state index contributed by atoms with van der Waals surface area (Å²) >= 11 is 0. The van der Waals surface area contributed by atoms with Gasteiger partial charge in [-0.3, -0.25) is 9.89 Å². The Morgan fingerprint density at radius 2 is 1.66 bits per heavy atom. The maximum absolute atomic E-state index is 12.7. The summed E-state index contributed by atoms with van der Waals surface area (Å²) in [5.74, 6) is 0.673. The van der Waals surface area contributed by atoms with Crippen LogP contribution >= 0.6 is 0 Å². The highest BCUT2D eigenvalue weighted by Gasteiger charge is 2.29. The summed E-state index contributed by atoms with van der Waals surface area (Å²) < 4.78 is 38.0. The van der Waals surface area contributed by atoms with E-state index < -0.39 is 11.7 Å². The molecule has 29 heavy (non-hydrogen) atoms. The van der Waals surface area contributed by atoms with Crippen molar-refractivity contribution in [3.8, 4) is 0 Å². The highest BCUT2D eigenvalue weighted by atomic mass is 19.4. The van der Waals surface area contributed by atoms with E-state index in [4.69, 9.17) is 0 Å². The first-order chi connectivity index (χ1) is 13.9. The van der Waals surface area contributed by atoms with E-state index in [0.717, 1.165) is 50.2 Å². The average molecular weight is 404 g/mol. The molecule has 0 atom stereocenters. The Labute approximate surface area is 169 Å². The molecule has 1 heterocycles. The molecule has 1 saturated heterocycles. The molecule has 2 N–H and O–H groups in total. The number of guanidine groups is 1. The molecule has 0 bridgehead atoms. The highest BCUT2D eigenvalue weighted by Crippen LogP contribution is 2.29. The Balaban J connectivity index is 1.42. The zero-order valence-corrected chi connectivity index (χ0v) is 16.5. The minimum absolute atomic E-state index is 0.334. The Bertz CT molecular complexity index is 780. The molecular weight excluding hydrogens is 377 g/mol. The molecule has 2 aromatic carbocycles. The lowest BCUT2D eigenvalue weighted by molar-refractivity contribution is -0.137. The summed E-state index contributed by atoms with van der Waals surface area (Å²) in [4.78, 5) is 6.69. The molecule has 3 rings (SSSR count). The topological polar surface area (TPSA) is 39.7 Å². The molecule has 4 nitrogen and oxygen atoms in total. The van der Waals surface area contributed by atoms with Crippen LogP contribution in [0.1, 0.15) is 29.5 Å². The van der Waals surface area contributed by atoms with Crippen LogP contribution in [0.3, 0.4) is 0 Å². The number of rotatable bonds is 5. The predicted octanol–water partition coefficient (Wildman–Crippen LogP) is 4.04. The van der Waals surface area contributed by atoms with Gasteiger partial charge in [0.25, 0.3) is 0 Å². The fourth-order valence-electron chi connectivity index (χ4n) is 3.46. The molecule has 0 aromatic heterocycles. The van der Waals surface area contributed by atoms with Crippen molar-refractivity contribution in [1.82, 2.24) is 15.5 Å². The lowest BCUT2D eigenvalue weighted by Crippen LogP contribution is -2.48. The van der Waals surface area contributed by atoms with Crippen molar-refractivity contribution < 1.29 is 13.2 Å². The number of halogens is 3. The second kappa shape index (κ2) is 9.78. The Kier molecular flexibility index (Phi) is 7.14. The number of alkyl halides is 3. The van der Waals surface area contributed by atoms with E-state index in [1.54, 1.807) is 7.05 Å². The van der Waals surface area contributed by atoms with E-state index >= 15 is 0 Å². The van der Waals surface area contributed by atoms with Crippen LogP contribution in [0.4, 0.5) is 13.2 Å². The molecule has 0 spiro atoms. The number of benzene rings is 2. The van der Waals surface area contributed by atoms with Gasteiger partial charge in [-0.15, -0.1) is 0 Å². The number of aliphatic imine (C=N–C) groups is 1. The third kappa shape index (κ3) is 6.49. The molecule has 0 saturated carbocycles. The Hall–Kier alpha value is -2.54. The predicted molar refractivity (Wildman–Crippen MR) is 110 cm³/mol. The molecule has 7 heteroatoms. The number of hydrogen-bond acceptors (Lipinski definition) is 2. The third-order valence-corrected chi connectivity index (χ3v) is 5.14. The minimum atomic E-state index is -4.31. The van der Waals surface area contributed by atoms with Crippen LogP contribution in [0.5, 0.6) is 0 Å². The lowest BCUT2D eigenvalue weighted by atomic mass is 10.0. The van der Waals surface area contributed by atoms with E-state index in [0.29, 0.717) is 18.5 Å². The molecule has 0 amide bonds. The second-order valence-electron chi connectivity index (χ2n) is 7.30. The largest absolute Gasteiger partial charge is 0.416 e. The number of nitrogens with zero attached hydrogens (tertiary/aromatic N) is 2. The third-order valence-electron chi connectivity index (χ3n) is 5.14. The molecule has 1 aliphatic heterocycles. The quantitative estimate of drug-likeness (QED) is 0.584. The Morgan fingerprint density at radius 1 is 1.00 bits per heavy atom. The van der Waals surface area contributed by atoms with Gasteiger partial charge >= 0.3 is 6.18 Å². The standard InChI is InChI=1S/C22H27F3N4/c1-26-21(27-15-17-7-9-19(10-8-17)22(23,24)25)28-20-11-13-29(14-12-20)16-18-5-3-2-4-6-18/h2-10,20H,11-16H2,1H3,(H2,26,27,28). The van der Waals surface area contributed by atoms with Crippen molar-refractivity contribution in [3.05, 3.63) is 71.3 Å². The minimum Gasteiger partial charge on any atom is -0.354 e. The van der Waals surface area contributed by atoms with Crippen molar-refractivity contribution in [3.63, 3.8) is 0 Å². The van der Waals surface area contributed by atoms with Gasteiger partial charge in [0.1, 0.15) is 0 Å². The molecule has 2 aromatic rings. The molecule has 1 aliphatic rings. The number of hydrogen-bond donors (Lipinski definition) is 2. The second-order valence-corrected chi connectivity index (χ2v) is 7.30. The first-order valence-corrected chi connectivity index (χ1v) is 9.83. The molecule has 0 unspecified atom stereocenters. The van der Waals surface area contributed by atoms with E-state index in [-0.39, 0.29) is 0 Å². The van der Waals surface area contributed by atoms with Crippen LogP contribution in [0.15, 0.2) is 59.6 Å². The van der Waals surface area contributed by atoms with Gasteiger partial charge in [0.05, 0.1) is 5.56 Å². The van der Waals surface area contributed by atoms with E-state index in [1.165, 1.54) is 17.7 Å². The summed E-state index contributed by atoms with van der Waals surface area (Å²) in [5, 5.41) is 6.61. The number of piperidine rings is 1. The summed E-state index contributed by atoms with van der Waals surface area (Å²) in [6.45, 7) is 3.42. The van der Waals surface area contributed by atoms with Gasteiger partial charge in [-0.2, -0.15) is 13.2 Å². The van der Waals surface area contributed by atoms with E-state index in [9.17, 15) is 13.2 Å². The normalized spacial score (nSPS) is 16.6. The van der Waals surface area contributed by atoms with Crippen molar-refractivity contribution in [2.45, 2.75) is 38.1 Å². The van der Waals surface area contributed by atoms with Crippen molar-refractivity contribution >= 4 is 5.96 Å². The highest BCUT2D eigenvalue weighted by molar-refractivity contribution is 5.79. The van der Waals surface area contributed by atoms with Crippen molar-refractivity contribution in [2.75, 3.05) is 20.1 Å². The molecular formula is C22H27F3N4. The zero-order valence-electron chi connectivity index (χ0n) is 16.5. The maximum Gasteiger partial charge on any atom is 0.416 e. The summed E-state index contributed by atoms with van der Waals surface area (Å²) in [6, 6.07) is 16.0. The fraction of sp³-hybridized carbons (Fsp3) is 0.409. The van der Waals surface area contributed by atoms with E-state index in [2.05, 4.69) is 44.8 Å². The van der Waals surface area contributed by atoms with Crippen LogP contribution in [-0.2, 0) is 19.3 Å². The van der Waals surface area contributed by atoms with Gasteiger partial charge in [0.15, 0.2) is 5.96 Å². The van der Waals surface area contributed by atoms with Gasteiger partial charge in [0.2, 0.25) is 0 Å². The van der Waals surface area contributed by atoms with Gasteiger partial charge in [-0.05, 0) is 36.1 Å². The number of nitrogens with one attached hydrogen (secondary N) is 2. The lowest BCUT2D eigenvalue weighted by Gasteiger charge is -2.33. The van der Waals surface area contributed by atoms with Crippen LogP contribution in [0.2, 0.25) is 0 Å². The first-order valence-electron chi connectivity index (χ1n) is 9.83. The molecule has 0 radical (unpaired) electrons. The number of likely N-dealkylation sites (tertiary alicyclic amines) is 1. The fourth-order valence-corrected chi connectivity index (χ4v) is 3.46. The average Bonchev–Trinajstić information content (AvgIpc) is 2.73. The Morgan fingerprint density at radius 3 is 2.24 bits per heavy atom. The van der Waals surface area contributed by atoms with Crippen molar-refractivity contribution in [1.29, 1.82) is 0 Å². The molecule has 156 valence electrons. The SMILES string of the molecule is CN=C(NCc1ccc(C(F)(F)F)cc1)NC1CCN(Cc2ccccc2)CC1. The van der Waals surface area contributed by atoms with E-state index in [1.807, 2.05) is 6.07 Å². The monoisotopic (exact) mass is 404 g/mol. The summed E-state index contributed by atoms with van der Waals surface area (Å²) in [5.41, 5.74) is 1.47.